The number of amides is 1. The van der Waals surface area contributed by atoms with Crippen LogP contribution < -0.4 is 10.6 Å². The molecule has 0 fully saturated rings. The zero-order chi connectivity index (χ0) is 11.8. The van der Waals surface area contributed by atoms with Gasteiger partial charge in [0.2, 0.25) is 0 Å². The number of carbonyl (C=O) groups is 1. The summed E-state index contributed by atoms with van der Waals surface area (Å²) in [6.45, 7) is 3.38. The van der Waals surface area contributed by atoms with Crippen LogP contribution in [0.1, 0.15) is 18.9 Å². The van der Waals surface area contributed by atoms with E-state index in [1.807, 2.05) is 25.3 Å². The molecule has 5 heteroatoms. The smallest absolute Gasteiger partial charge is 0.404 e. The quantitative estimate of drug-likeness (QED) is 0.634. The lowest BCUT2D eigenvalue weighted by Gasteiger charge is -2.11. The van der Waals surface area contributed by atoms with Gasteiger partial charge >= 0.3 is 6.09 Å². The highest BCUT2D eigenvalue weighted by atomic mass is 16.4. The molecule has 88 valence electrons. The first-order chi connectivity index (χ1) is 7.68. The van der Waals surface area contributed by atoms with E-state index in [0.29, 0.717) is 0 Å². The van der Waals surface area contributed by atoms with E-state index in [0.717, 1.165) is 25.1 Å². The van der Waals surface area contributed by atoms with Crippen molar-refractivity contribution in [3.05, 3.63) is 30.1 Å². The molecule has 1 atom stereocenters. The molecule has 0 saturated heterocycles. The second-order valence-corrected chi connectivity index (χ2v) is 3.68. The molecular formula is C11H17N3O2. The molecule has 0 radical (unpaired) electrons. The SMILES string of the molecule is C[C@@H](CCNCc1cccnc1)NC(=O)O. The molecule has 1 aromatic rings. The van der Waals surface area contributed by atoms with Gasteiger partial charge in [0.25, 0.3) is 0 Å². The average Bonchev–Trinajstić information content (AvgIpc) is 2.25. The summed E-state index contributed by atoms with van der Waals surface area (Å²) in [6, 6.07) is 3.86. The zero-order valence-corrected chi connectivity index (χ0v) is 9.31. The van der Waals surface area contributed by atoms with E-state index >= 15 is 0 Å². The third kappa shape index (κ3) is 5.31. The van der Waals surface area contributed by atoms with Crippen LogP contribution in [0.2, 0.25) is 0 Å². The summed E-state index contributed by atoms with van der Waals surface area (Å²) in [4.78, 5) is 14.3. The Morgan fingerprint density at radius 2 is 2.44 bits per heavy atom. The van der Waals surface area contributed by atoms with E-state index < -0.39 is 6.09 Å². The lowest BCUT2D eigenvalue weighted by atomic mass is 10.2. The van der Waals surface area contributed by atoms with Gasteiger partial charge in [-0.25, -0.2) is 4.79 Å². The fraction of sp³-hybridized carbons (Fsp3) is 0.455. The van der Waals surface area contributed by atoms with E-state index in [1.165, 1.54) is 0 Å². The van der Waals surface area contributed by atoms with Gasteiger partial charge in [0.05, 0.1) is 0 Å². The number of nitrogens with one attached hydrogen (secondary N) is 2. The molecular weight excluding hydrogens is 206 g/mol. The maximum Gasteiger partial charge on any atom is 0.404 e. The number of hydrogen-bond donors (Lipinski definition) is 3. The van der Waals surface area contributed by atoms with Crippen molar-refractivity contribution in [2.75, 3.05) is 6.54 Å². The highest BCUT2D eigenvalue weighted by Gasteiger charge is 2.03. The fourth-order valence-corrected chi connectivity index (χ4v) is 1.34. The lowest BCUT2D eigenvalue weighted by molar-refractivity contribution is 0.190. The molecule has 0 bridgehead atoms. The van der Waals surface area contributed by atoms with Crippen LogP contribution in [-0.2, 0) is 6.54 Å². The Labute approximate surface area is 94.9 Å². The van der Waals surface area contributed by atoms with Gasteiger partial charge in [0, 0.05) is 25.0 Å². The van der Waals surface area contributed by atoms with Gasteiger partial charge in [-0.15, -0.1) is 0 Å². The standard InChI is InChI=1S/C11H17N3O2/c1-9(14-11(15)16)4-6-13-8-10-3-2-5-12-7-10/h2-3,5,7,9,13-14H,4,6,8H2,1H3,(H,15,16)/t9-/m0/s1. The van der Waals surface area contributed by atoms with Crippen molar-refractivity contribution in [3.8, 4) is 0 Å². The molecule has 0 aromatic carbocycles. The van der Waals surface area contributed by atoms with E-state index in [2.05, 4.69) is 15.6 Å². The molecule has 3 N–H and O–H groups in total. The summed E-state index contributed by atoms with van der Waals surface area (Å²) in [6.07, 6.45) is 3.35. The Kier molecular flexibility index (Phi) is 5.28. The first kappa shape index (κ1) is 12.4. The van der Waals surface area contributed by atoms with E-state index in [4.69, 9.17) is 5.11 Å². The summed E-state index contributed by atoms with van der Waals surface area (Å²) < 4.78 is 0. The van der Waals surface area contributed by atoms with Crippen molar-refractivity contribution in [2.24, 2.45) is 0 Å². The van der Waals surface area contributed by atoms with Crippen molar-refractivity contribution < 1.29 is 9.90 Å². The maximum absolute atomic E-state index is 10.3. The minimum absolute atomic E-state index is 0.0288. The minimum Gasteiger partial charge on any atom is -0.465 e. The van der Waals surface area contributed by atoms with Crippen LogP contribution in [-0.4, -0.2) is 28.8 Å². The third-order valence-electron chi connectivity index (χ3n) is 2.18. The second kappa shape index (κ2) is 6.79. The Balaban J connectivity index is 2.10. The second-order valence-electron chi connectivity index (χ2n) is 3.68. The number of rotatable bonds is 6. The third-order valence-corrected chi connectivity index (χ3v) is 2.18. The number of carboxylic acid groups (broad SMARTS) is 1. The van der Waals surface area contributed by atoms with E-state index in [9.17, 15) is 4.79 Å². The summed E-state index contributed by atoms with van der Waals surface area (Å²) in [7, 11) is 0. The number of aromatic nitrogens is 1. The molecule has 0 unspecified atom stereocenters. The van der Waals surface area contributed by atoms with E-state index in [1.54, 1.807) is 6.20 Å². The van der Waals surface area contributed by atoms with Crippen molar-refractivity contribution in [1.82, 2.24) is 15.6 Å². The molecule has 5 nitrogen and oxygen atoms in total. The van der Waals surface area contributed by atoms with Crippen LogP contribution >= 0.6 is 0 Å². The zero-order valence-electron chi connectivity index (χ0n) is 9.31. The molecule has 1 aromatic heterocycles. The predicted molar refractivity (Wildman–Crippen MR) is 61.2 cm³/mol. The molecule has 0 saturated carbocycles. The maximum atomic E-state index is 10.3. The molecule has 1 amide bonds. The lowest BCUT2D eigenvalue weighted by Crippen LogP contribution is -2.33. The largest absolute Gasteiger partial charge is 0.465 e. The van der Waals surface area contributed by atoms with E-state index in [-0.39, 0.29) is 6.04 Å². The van der Waals surface area contributed by atoms with Crippen LogP contribution in [0.3, 0.4) is 0 Å². The van der Waals surface area contributed by atoms with Gasteiger partial charge in [-0.3, -0.25) is 4.98 Å². The van der Waals surface area contributed by atoms with Crippen LogP contribution in [0, 0.1) is 0 Å². The molecule has 16 heavy (non-hydrogen) atoms. The van der Waals surface area contributed by atoms with Gasteiger partial charge in [0.15, 0.2) is 0 Å². The Bertz CT molecular complexity index is 316. The highest BCUT2D eigenvalue weighted by molar-refractivity contribution is 5.64. The summed E-state index contributed by atoms with van der Waals surface area (Å²) in [5, 5.41) is 14.1. The van der Waals surface area contributed by atoms with Gasteiger partial charge in [-0.05, 0) is 31.5 Å². The highest BCUT2D eigenvalue weighted by Crippen LogP contribution is 1.95. The first-order valence-corrected chi connectivity index (χ1v) is 5.27. The molecule has 1 heterocycles. The van der Waals surface area contributed by atoms with Crippen molar-refractivity contribution >= 4 is 6.09 Å². The molecule has 0 aliphatic carbocycles. The van der Waals surface area contributed by atoms with Crippen molar-refractivity contribution in [3.63, 3.8) is 0 Å². The Hall–Kier alpha value is -1.62. The Morgan fingerprint density at radius 3 is 3.06 bits per heavy atom. The van der Waals surface area contributed by atoms with Crippen molar-refractivity contribution in [2.45, 2.75) is 25.9 Å². The van der Waals surface area contributed by atoms with Gasteiger partial charge in [0.1, 0.15) is 0 Å². The molecule has 1 rings (SSSR count). The monoisotopic (exact) mass is 223 g/mol. The number of hydrogen-bond acceptors (Lipinski definition) is 3. The van der Waals surface area contributed by atoms with Crippen LogP contribution in [0.4, 0.5) is 4.79 Å². The summed E-state index contributed by atoms with van der Waals surface area (Å²) in [5.41, 5.74) is 1.13. The summed E-state index contributed by atoms with van der Waals surface area (Å²) in [5.74, 6) is 0. The van der Waals surface area contributed by atoms with Gasteiger partial charge < -0.3 is 15.7 Å². The predicted octanol–water partition coefficient (Wildman–Crippen LogP) is 1.22. The number of pyridine rings is 1. The van der Waals surface area contributed by atoms with Gasteiger partial charge in [-0.2, -0.15) is 0 Å². The number of nitrogens with zero attached hydrogens (tertiary/aromatic N) is 1. The molecule has 0 aliphatic heterocycles. The van der Waals surface area contributed by atoms with Crippen LogP contribution in [0.25, 0.3) is 0 Å². The van der Waals surface area contributed by atoms with Gasteiger partial charge in [-0.1, -0.05) is 6.07 Å². The topological polar surface area (TPSA) is 74.2 Å². The van der Waals surface area contributed by atoms with Crippen molar-refractivity contribution in [1.29, 1.82) is 0 Å². The minimum atomic E-state index is -0.972. The molecule has 0 spiro atoms. The summed E-state index contributed by atoms with van der Waals surface area (Å²) >= 11 is 0. The van der Waals surface area contributed by atoms with Crippen LogP contribution in [0.5, 0.6) is 0 Å². The normalized spacial score (nSPS) is 12.1. The fourth-order valence-electron chi connectivity index (χ4n) is 1.34. The first-order valence-electron chi connectivity index (χ1n) is 5.27. The molecule has 0 aliphatic rings. The van der Waals surface area contributed by atoms with Crippen LogP contribution in [0.15, 0.2) is 24.5 Å². The average molecular weight is 223 g/mol. The Morgan fingerprint density at radius 1 is 1.62 bits per heavy atom.